The zero-order chi connectivity index (χ0) is 22.7. The number of aliphatic hydroxyl groups excluding tert-OH is 1. The summed E-state index contributed by atoms with van der Waals surface area (Å²) in [5, 5.41) is 18.6. The molecule has 164 valence electrons. The van der Waals surface area contributed by atoms with E-state index in [4.69, 9.17) is 14.6 Å². The Balaban J connectivity index is 1.58. The first kappa shape index (κ1) is 21.6. The Morgan fingerprint density at radius 1 is 1.03 bits per heavy atom. The largest absolute Gasteiger partial charge is 0.497 e. The maximum absolute atomic E-state index is 14.2. The second-order valence-electron chi connectivity index (χ2n) is 7.69. The fourth-order valence-corrected chi connectivity index (χ4v) is 3.94. The first-order valence-electron chi connectivity index (χ1n) is 10.2. The van der Waals surface area contributed by atoms with E-state index in [0.29, 0.717) is 24.3 Å². The molecule has 2 N–H and O–H groups in total. The van der Waals surface area contributed by atoms with Crippen LogP contribution in [0.3, 0.4) is 0 Å². The van der Waals surface area contributed by atoms with E-state index in [0.717, 1.165) is 33.4 Å². The summed E-state index contributed by atoms with van der Waals surface area (Å²) in [6.45, 7) is 0.108. The van der Waals surface area contributed by atoms with Crippen LogP contribution >= 0.6 is 0 Å². The van der Waals surface area contributed by atoms with Crippen LogP contribution in [-0.2, 0) is 26.1 Å². The maximum atomic E-state index is 14.2. The number of hydrogen-bond acceptors (Lipinski definition) is 4. The summed E-state index contributed by atoms with van der Waals surface area (Å²) in [5.41, 5.74) is 5.49. The molecule has 0 bridgehead atoms. The molecule has 0 aliphatic heterocycles. The molecule has 1 aliphatic rings. The highest BCUT2D eigenvalue weighted by atomic mass is 19.1. The molecular weight excluding hydrogens is 411 g/mol. The van der Waals surface area contributed by atoms with Crippen LogP contribution in [-0.4, -0.2) is 23.3 Å². The Bertz CT molecular complexity index is 1160. The van der Waals surface area contributed by atoms with Crippen LogP contribution in [0.25, 0.3) is 5.57 Å². The number of aliphatic hydroxyl groups is 1. The van der Waals surface area contributed by atoms with Gasteiger partial charge in [-0.1, -0.05) is 24.3 Å². The highest BCUT2D eigenvalue weighted by molar-refractivity contribution is 5.87. The van der Waals surface area contributed by atoms with E-state index < -0.39 is 5.97 Å². The number of benzene rings is 3. The topological polar surface area (TPSA) is 76.0 Å². The van der Waals surface area contributed by atoms with E-state index in [1.54, 1.807) is 25.3 Å². The van der Waals surface area contributed by atoms with E-state index in [-0.39, 0.29) is 24.6 Å². The van der Waals surface area contributed by atoms with Crippen molar-refractivity contribution in [2.75, 3.05) is 7.11 Å². The molecule has 32 heavy (non-hydrogen) atoms. The van der Waals surface area contributed by atoms with Crippen molar-refractivity contribution in [3.8, 4) is 11.5 Å². The first-order valence-corrected chi connectivity index (χ1v) is 10.2. The molecule has 0 spiro atoms. The van der Waals surface area contributed by atoms with Gasteiger partial charge < -0.3 is 19.7 Å². The lowest BCUT2D eigenvalue weighted by atomic mass is 9.97. The number of carboxylic acids is 1. The predicted molar refractivity (Wildman–Crippen MR) is 118 cm³/mol. The van der Waals surface area contributed by atoms with Crippen LogP contribution in [0.1, 0.15) is 38.2 Å². The third-order valence-electron chi connectivity index (χ3n) is 5.47. The lowest BCUT2D eigenvalue weighted by Crippen LogP contribution is -2.02. The second kappa shape index (κ2) is 9.24. The second-order valence-corrected chi connectivity index (χ2v) is 7.69. The number of ether oxygens (including phenoxy) is 2. The van der Waals surface area contributed by atoms with Crippen LogP contribution < -0.4 is 9.47 Å². The van der Waals surface area contributed by atoms with Crippen molar-refractivity contribution in [2.24, 2.45) is 0 Å². The molecule has 3 aromatic rings. The van der Waals surface area contributed by atoms with E-state index in [9.17, 15) is 14.3 Å². The molecular formula is C26H23FO5. The Morgan fingerprint density at radius 2 is 1.78 bits per heavy atom. The molecule has 0 fully saturated rings. The van der Waals surface area contributed by atoms with Gasteiger partial charge in [-0.05, 0) is 71.0 Å². The SMILES string of the molecule is COc1cc(CO)cc(CC2=CCc3cc(F)cc(OCc4ccc(C(=O)O)cc4)c32)c1. The van der Waals surface area contributed by atoms with Crippen molar-refractivity contribution < 1.29 is 28.9 Å². The van der Waals surface area contributed by atoms with Crippen molar-refractivity contribution in [3.63, 3.8) is 0 Å². The number of carbonyl (C=O) groups is 1. The minimum Gasteiger partial charge on any atom is -0.497 e. The molecule has 1 aliphatic carbocycles. The fourth-order valence-electron chi connectivity index (χ4n) is 3.94. The maximum Gasteiger partial charge on any atom is 0.335 e. The van der Waals surface area contributed by atoms with Gasteiger partial charge in [-0.3, -0.25) is 0 Å². The molecule has 0 radical (unpaired) electrons. The van der Waals surface area contributed by atoms with Crippen LogP contribution in [0.15, 0.2) is 60.7 Å². The zero-order valence-corrected chi connectivity index (χ0v) is 17.6. The number of allylic oxidation sites excluding steroid dienone is 2. The average Bonchev–Trinajstić information content (AvgIpc) is 3.19. The van der Waals surface area contributed by atoms with Gasteiger partial charge in [0, 0.05) is 11.6 Å². The summed E-state index contributed by atoms with van der Waals surface area (Å²) in [4.78, 5) is 11.0. The number of aromatic carboxylic acids is 1. The Labute approximate surface area is 185 Å². The van der Waals surface area contributed by atoms with E-state index in [2.05, 4.69) is 6.08 Å². The normalized spacial score (nSPS) is 12.3. The van der Waals surface area contributed by atoms with E-state index >= 15 is 0 Å². The van der Waals surface area contributed by atoms with Crippen molar-refractivity contribution in [3.05, 3.63) is 99.9 Å². The molecule has 0 unspecified atom stereocenters. The summed E-state index contributed by atoms with van der Waals surface area (Å²) < 4.78 is 25.5. The number of hydrogen-bond donors (Lipinski definition) is 2. The van der Waals surface area contributed by atoms with Gasteiger partial charge >= 0.3 is 5.97 Å². The molecule has 3 aromatic carbocycles. The standard InChI is InChI=1S/C26H23FO5/c1-31-23-10-17(8-18(11-23)14-28)9-20-6-7-21-12-22(27)13-24(25(20)21)32-15-16-2-4-19(5-3-16)26(29)30/h2-6,8,10-13,28H,7,9,14-15H2,1H3,(H,29,30). The molecule has 0 heterocycles. The molecule has 0 amide bonds. The van der Waals surface area contributed by atoms with Gasteiger partial charge in [0.15, 0.2) is 0 Å². The van der Waals surface area contributed by atoms with Gasteiger partial charge in [0.25, 0.3) is 0 Å². The highest BCUT2D eigenvalue weighted by Crippen LogP contribution is 2.38. The predicted octanol–water partition coefficient (Wildman–Crippen LogP) is 4.79. The van der Waals surface area contributed by atoms with Gasteiger partial charge in [0.2, 0.25) is 0 Å². The summed E-state index contributed by atoms with van der Waals surface area (Å²) in [6.07, 6.45) is 3.27. The van der Waals surface area contributed by atoms with Crippen molar-refractivity contribution in [2.45, 2.75) is 26.1 Å². The van der Waals surface area contributed by atoms with E-state index in [1.165, 1.54) is 24.3 Å². The van der Waals surface area contributed by atoms with Crippen LogP contribution in [0, 0.1) is 5.82 Å². The van der Waals surface area contributed by atoms with E-state index in [1.807, 2.05) is 12.1 Å². The highest BCUT2D eigenvalue weighted by Gasteiger charge is 2.21. The third kappa shape index (κ3) is 4.65. The molecule has 0 saturated carbocycles. The van der Waals surface area contributed by atoms with Crippen LogP contribution in [0.4, 0.5) is 4.39 Å². The van der Waals surface area contributed by atoms with Crippen molar-refractivity contribution in [1.82, 2.24) is 0 Å². The minimum atomic E-state index is -0.989. The van der Waals surface area contributed by atoms with Crippen molar-refractivity contribution in [1.29, 1.82) is 0 Å². The summed E-state index contributed by atoms with van der Waals surface area (Å²) >= 11 is 0. The summed E-state index contributed by atoms with van der Waals surface area (Å²) in [6, 6.07) is 15.0. The van der Waals surface area contributed by atoms with Gasteiger partial charge in [-0.15, -0.1) is 0 Å². The van der Waals surface area contributed by atoms with Gasteiger partial charge in [-0.25, -0.2) is 9.18 Å². The zero-order valence-electron chi connectivity index (χ0n) is 17.6. The lowest BCUT2D eigenvalue weighted by molar-refractivity contribution is 0.0697. The Kier molecular flexibility index (Phi) is 6.23. The molecule has 4 rings (SSSR count). The fraction of sp³-hybridized carbons (Fsp3) is 0.192. The Hall–Kier alpha value is -3.64. The van der Waals surface area contributed by atoms with Gasteiger partial charge in [0.1, 0.15) is 23.9 Å². The molecule has 0 aromatic heterocycles. The molecule has 0 saturated heterocycles. The average molecular weight is 434 g/mol. The molecule has 0 atom stereocenters. The number of carboxylic acid groups (broad SMARTS) is 1. The summed E-state index contributed by atoms with van der Waals surface area (Å²) in [5.74, 6) is -0.224. The van der Waals surface area contributed by atoms with Gasteiger partial charge in [-0.2, -0.15) is 0 Å². The number of fused-ring (bicyclic) bond motifs is 1. The monoisotopic (exact) mass is 434 g/mol. The molecule has 5 nitrogen and oxygen atoms in total. The number of halogens is 1. The number of rotatable bonds is 8. The smallest absolute Gasteiger partial charge is 0.335 e. The Morgan fingerprint density at radius 3 is 2.47 bits per heavy atom. The first-order chi connectivity index (χ1) is 15.5. The third-order valence-corrected chi connectivity index (χ3v) is 5.47. The summed E-state index contributed by atoms with van der Waals surface area (Å²) in [7, 11) is 1.59. The number of methoxy groups -OCH3 is 1. The van der Waals surface area contributed by atoms with Crippen LogP contribution in [0.5, 0.6) is 11.5 Å². The molecule has 6 heteroatoms. The lowest BCUT2D eigenvalue weighted by Gasteiger charge is -2.15. The quantitative estimate of drug-likeness (QED) is 0.533. The van der Waals surface area contributed by atoms with Crippen LogP contribution in [0.2, 0.25) is 0 Å². The van der Waals surface area contributed by atoms with Crippen molar-refractivity contribution >= 4 is 11.5 Å². The minimum absolute atomic E-state index is 0.0833. The van der Waals surface area contributed by atoms with Gasteiger partial charge in [0.05, 0.1) is 19.3 Å².